The summed E-state index contributed by atoms with van der Waals surface area (Å²) in [7, 11) is 0. The summed E-state index contributed by atoms with van der Waals surface area (Å²) in [4.78, 5) is 24.2. The van der Waals surface area contributed by atoms with Crippen LogP contribution >= 0.6 is 22.6 Å². The Balaban J connectivity index is 2.29. The number of piperazine rings is 1. The molecule has 3 N–H and O–H groups in total. The SMILES string of the molecule is Nc1ccc(N2CC(=O)NC(=O)C2)c(I)c1. The van der Waals surface area contributed by atoms with Crippen molar-refractivity contribution in [2.45, 2.75) is 0 Å². The lowest BCUT2D eigenvalue weighted by Crippen LogP contribution is -2.51. The number of amides is 2. The Bertz CT molecular complexity index is 445. The summed E-state index contributed by atoms with van der Waals surface area (Å²) >= 11 is 2.14. The van der Waals surface area contributed by atoms with Crippen molar-refractivity contribution >= 4 is 45.8 Å². The first kappa shape index (κ1) is 11.2. The lowest BCUT2D eigenvalue weighted by molar-refractivity contribution is -0.130. The highest BCUT2D eigenvalue weighted by Crippen LogP contribution is 2.25. The molecule has 16 heavy (non-hydrogen) atoms. The molecule has 1 fully saturated rings. The van der Waals surface area contributed by atoms with E-state index in [0.717, 1.165) is 9.26 Å². The van der Waals surface area contributed by atoms with Gasteiger partial charge in [0.05, 0.1) is 18.8 Å². The van der Waals surface area contributed by atoms with Crippen molar-refractivity contribution in [3.05, 3.63) is 21.8 Å². The van der Waals surface area contributed by atoms with E-state index in [9.17, 15) is 9.59 Å². The second-order valence-corrected chi connectivity index (χ2v) is 4.70. The van der Waals surface area contributed by atoms with Crippen LogP contribution in [0.1, 0.15) is 0 Å². The first-order valence-corrected chi connectivity index (χ1v) is 5.77. The van der Waals surface area contributed by atoms with Gasteiger partial charge >= 0.3 is 0 Å². The molecule has 1 saturated heterocycles. The molecule has 1 heterocycles. The van der Waals surface area contributed by atoms with Crippen molar-refractivity contribution in [2.75, 3.05) is 23.7 Å². The second kappa shape index (κ2) is 4.28. The summed E-state index contributed by atoms with van der Waals surface area (Å²) in [5, 5.41) is 2.26. The number of halogens is 1. The zero-order valence-electron chi connectivity index (χ0n) is 8.37. The fourth-order valence-corrected chi connectivity index (χ4v) is 2.47. The molecule has 6 heteroatoms. The van der Waals surface area contributed by atoms with E-state index in [-0.39, 0.29) is 24.9 Å². The molecular formula is C10H10IN3O2. The van der Waals surface area contributed by atoms with E-state index >= 15 is 0 Å². The first-order chi connectivity index (χ1) is 7.56. The second-order valence-electron chi connectivity index (χ2n) is 3.54. The first-order valence-electron chi connectivity index (χ1n) is 4.69. The van der Waals surface area contributed by atoms with Gasteiger partial charge in [-0.1, -0.05) is 0 Å². The molecule has 0 bridgehead atoms. The van der Waals surface area contributed by atoms with Crippen molar-refractivity contribution in [1.82, 2.24) is 5.32 Å². The molecule has 0 atom stereocenters. The lowest BCUT2D eigenvalue weighted by atomic mass is 10.2. The van der Waals surface area contributed by atoms with Gasteiger partial charge in [-0.15, -0.1) is 0 Å². The third-order valence-electron chi connectivity index (χ3n) is 2.26. The molecule has 0 saturated carbocycles. The predicted molar refractivity (Wildman–Crippen MR) is 68.9 cm³/mol. The Morgan fingerprint density at radius 1 is 1.25 bits per heavy atom. The minimum Gasteiger partial charge on any atom is -0.399 e. The van der Waals surface area contributed by atoms with Crippen LogP contribution in [0.25, 0.3) is 0 Å². The van der Waals surface area contributed by atoms with Crippen LogP contribution in [0.2, 0.25) is 0 Å². The van der Waals surface area contributed by atoms with E-state index in [2.05, 4.69) is 27.9 Å². The Hall–Kier alpha value is -1.31. The van der Waals surface area contributed by atoms with Gasteiger partial charge in [-0.3, -0.25) is 14.9 Å². The predicted octanol–water partition coefficient (Wildman–Crippen LogP) is 0.336. The van der Waals surface area contributed by atoms with Crippen LogP contribution in [0.3, 0.4) is 0 Å². The third kappa shape index (κ3) is 2.26. The van der Waals surface area contributed by atoms with E-state index in [1.165, 1.54) is 0 Å². The number of rotatable bonds is 1. The van der Waals surface area contributed by atoms with Gasteiger partial charge in [0, 0.05) is 9.26 Å². The van der Waals surface area contributed by atoms with Crippen molar-refractivity contribution in [1.29, 1.82) is 0 Å². The largest absolute Gasteiger partial charge is 0.399 e. The van der Waals surface area contributed by atoms with Crippen molar-refractivity contribution in [3.8, 4) is 0 Å². The molecular weight excluding hydrogens is 321 g/mol. The van der Waals surface area contributed by atoms with Crippen LogP contribution in [-0.4, -0.2) is 24.9 Å². The Morgan fingerprint density at radius 2 is 1.88 bits per heavy atom. The van der Waals surface area contributed by atoms with E-state index in [4.69, 9.17) is 5.73 Å². The van der Waals surface area contributed by atoms with Crippen LogP contribution in [0.15, 0.2) is 18.2 Å². The highest BCUT2D eigenvalue weighted by Gasteiger charge is 2.23. The summed E-state index contributed by atoms with van der Waals surface area (Å²) in [6.45, 7) is 0.400. The minimum atomic E-state index is -0.274. The summed E-state index contributed by atoms with van der Waals surface area (Å²) in [5.74, 6) is -0.548. The molecule has 0 radical (unpaired) electrons. The molecule has 0 spiro atoms. The monoisotopic (exact) mass is 331 g/mol. The number of nitrogens with two attached hydrogens (primary N) is 1. The zero-order chi connectivity index (χ0) is 11.7. The van der Waals surface area contributed by atoms with Crippen LogP contribution in [-0.2, 0) is 9.59 Å². The number of carbonyl (C=O) groups excluding carboxylic acids is 2. The number of carbonyl (C=O) groups is 2. The standard InChI is InChI=1S/C10H10IN3O2/c11-7-3-6(12)1-2-8(7)14-4-9(15)13-10(16)5-14/h1-3H,4-5,12H2,(H,13,15,16). The van der Waals surface area contributed by atoms with E-state index in [1.54, 1.807) is 11.0 Å². The highest BCUT2D eigenvalue weighted by atomic mass is 127. The number of hydrogen-bond acceptors (Lipinski definition) is 4. The average molecular weight is 331 g/mol. The Labute approximate surface area is 106 Å². The number of benzene rings is 1. The van der Waals surface area contributed by atoms with Crippen molar-refractivity contribution in [3.63, 3.8) is 0 Å². The molecule has 1 aromatic rings. The lowest BCUT2D eigenvalue weighted by Gasteiger charge is -2.28. The summed E-state index contributed by atoms with van der Waals surface area (Å²) in [6.07, 6.45) is 0. The van der Waals surface area contributed by atoms with Crippen molar-refractivity contribution in [2.24, 2.45) is 0 Å². The molecule has 1 aliphatic heterocycles. The Kier molecular flexibility index (Phi) is 2.99. The van der Waals surface area contributed by atoms with Gasteiger partial charge < -0.3 is 10.6 Å². The smallest absolute Gasteiger partial charge is 0.246 e. The number of imide groups is 1. The van der Waals surface area contributed by atoms with Gasteiger partial charge in [-0.2, -0.15) is 0 Å². The summed E-state index contributed by atoms with van der Waals surface area (Å²) in [5.41, 5.74) is 7.17. The van der Waals surface area contributed by atoms with Gasteiger partial charge in [0.1, 0.15) is 0 Å². The van der Waals surface area contributed by atoms with Crippen LogP contribution in [0.5, 0.6) is 0 Å². The van der Waals surface area contributed by atoms with Gasteiger partial charge in [-0.25, -0.2) is 0 Å². The molecule has 2 rings (SSSR count). The van der Waals surface area contributed by atoms with Gasteiger partial charge in [0.2, 0.25) is 11.8 Å². The van der Waals surface area contributed by atoms with E-state index in [0.29, 0.717) is 5.69 Å². The van der Waals surface area contributed by atoms with Gasteiger partial charge in [-0.05, 0) is 40.8 Å². The molecule has 2 amide bonds. The van der Waals surface area contributed by atoms with E-state index < -0.39 is 0 Å². The number of nitrogens with one attached hydrogen (secondary N) is 1. The van der Waals surface area contributed by atoms with Crippen LogP contribution < -0.4 is 16.0 Å². The van der Waals surface area contributed by atoms with E-state index in [1.807, 2.05) is 12.1 Å². The highest BCUT2D eigenvalue weighted by molar-refractivity contribution is 14.1. The fourth-order valence-electron chi connectivity index (χ4n) is 1.59. The molecule has 1 aromatic carbocycles. The van der Waals surface area contributed by atoms with Crippen LogP contribution in [0.4, 0.5) is 11.4 Å². The van der Waals surface area contributed by atoms with Gasteiger partial charge in [0.25, 0.3) is 0 Å². The molecule has 0 aliphatic carbocycles. The van der Waals surface area contributed by atoms with Crippen LogP contribution in [0, 0.1) is 3.57 Å². The topological polar surface area (TPSA) is 75.4 Å². The molecule has 84 valence electrons. The maximum atomic E-state index is 11.2. The maximum absolute atomic E-state index is 11.2. The maximum Gasteiger partial charge on any atom is 0.246 e. The summed E-state index contributed by atoms with van der Waals surface area (Å²) in [6, 6.07) is 5.39. The fraction of sp³-hybridized carbons (Fsp3) is 0.200. The van der Waals surface area contributed by atoms with Gasteiger partial charge in [0.15, 0.2) is 0 Å². The third-order valence-corrected chi connectivity index (χ3v) is 3.12. The molecule has 1 aliphatic rings. The van der Waals surface area contributed by atoms with Crippen molar-refractivity contribution < 1.29 is 9.59 Å². The Morgan fingerprint density at radius 3 is 2.44 bits per heavy atom. The zero-order valence-corrected chi connectivity index (χ0v) is 10.5. The number of anilines is 2. The molecule has 0 aromatic heterocycles. The quantitative estimate of drug-likeness (QED) is 0.442. The molecule has 0 unspecified atom stereocenters. The number of nitrogens with zero attached hydrogens (tertiary/aromatic N) is 1. The minimum absolute atomic E-state index is 0.200. The normalized spacial score (nSPS) is 16.2. The molecule has 5 nitrogen and oxygen atoms in total. The summed E-state index contributed by atoms with van der Waals surface area (Å²) < 4.78 is 0.931. The average Bonchev–Trinajstić information content (AvgIpc) is 2.15. The number of hydrogen-bond donors (Lipinski definition) is 2. The number of nitrogen functional groups attached to an aromatic ring is 1.